The smallest absolute Gasteiger partial charge is 0.313 e. The number of methoxy groups -OCH3 is 1. The zero-order valence-electron chi connectivity index (χ0n) is 15.1. The molecular weight excluding hydrogens is 352 g/mol. The molecule has 0 amide bonds. The van der Waals surface area contributed by atoms with E-state index in [9.17, 15) is 19.8 Å². The van der Waals surface area contributed by atoms with Crippen LogP contribution < -0.4 is 10.3 Å². The molecule has 0 radical (unpaired) electrons. The number of aromatic nitrogens is 2. The highest BCUT2D eigenvalue weighted by Crippen LogP contribution is 2.45. The highest BCUT2D eigenvalue weighted by atomic mass is 16.5. The van der Waals surface area contributed by atoms with Crippen LogP contribution >= 0.6 is 0 Å². The third-order valence-electron chi connectivity index (χ3n) is 4.91. The van der Waals surface area contributed by atoms with E-state index in [1.807, 2.05) is 0 Å². The van der Waals surface area contributed by atoms with Crippen molar-refractivity contribution in [3.63, 3.8) is 0 Å². The predicted molar refractivity (Wildman–Crippen MR) is 96.9 cm³/mol. The fourth-order valence-electron chi connectivity index (χ4n) is 3.73. The first-order chi connectivity index (χ1) is 12.8. The van der Waals surface area contributed by atoms with Crippen LogP contribution in [0, 0.1) is 5.92 Å². The quantitative estimate of drug-likeness (QED) is 0.460. The number of rotatable bonds is 5. The molecule has 2 aromatic rings. The lowest BCUT2D eigenvalue weighted by molar-refractivity contribution is -0.158. The van der Waals surface area contributed by atoms with E-state index in [0.29, 0.717) is 16.8 Å². The van der Waals surface area contributed by atoms with Gasteiger partial charge in [0.25, 0.3) is 5.56 Å². The van der Waals surface area contributed by atoms with Crippen LogP contribution in [0.1, 0.15) is 29.7 Å². The second-order valence-corrected chi connectivity index (χ2v) is 6.81. The van der Waals surface area contributed by atoms with Gasteiger partial charge in [0.2, 0.25) is 0 Å². The molecule has 1 aromatic heterocycles. The van der Waals surface area contributed by atoms with Crippen LogP contribution in [-0.2, 0) is 16.0 Å². The van der Waals surface area contributed by atoms with Crippen LogP contribution in [0.25, 0.3) is 0 Å². The molecule has 0 saturated heterocycles. The summed E-state index contributed by atoms with van der Waals surface area (Å²) in [5, 5.41) is 26.2. The Kier molecular flexibility index (Phi) is 4.84. The fraction of sp³-hybridized carbons (Fsp3) is 0.368. The zero-order valence-corrected chi connectivity index (χ0v) is 15.1. The number of hydrogen-bond acceptors (Lipinski definition) is 6. The van der Waals surface area contributed by atoms with Gasteiger partial charge in [-0.25, -0.2) is 0 Å². The number of esters is 1. The van der Waals surface area contributed by atoms with Crippen molar-refractivity contribution >= 4 is 5.97 Å². The second-order valence-electron chi connectivity index (χ2n) is 6.81. The summed E-state index contributed by atoms with van der Waals surface area (Å²) < 4.78 is 10.4. The molecule has 0 spiro atoms. The number of hydrogen-bond donors (Lipinski definition) is 4. The second kappa shape index (κ2) is 6.96. The van der Waals surface area contributed by atoms with E-state index in [0.717, 1.165) is 0 Å². The zero-order chi connectivity index (χ0) is 19.8. The maximum absolute atomic E-state index is 12.8. The highest BCUT2D eigenvalue weighted by Gasteiger charge is 2.51. The summed E-state index contributed by atoms with van der Waals surface area (Å²) in [6.45, 7) is 5.05. The Hall–Kier alpha value is -3.00. The number of aliphatic hydroxyl groups is 1. The molecule has 8 nitrogen and oxygen atoms in total. The predicted octanol–water partition coefficient (Wildman–Crippen LogP) is 1.20. The van der Waals surface area contributed by atoms with Gasteiger partial charge in [0.15, 0.2) is 11.5 Å². The Morgan fingerprint density at radius 2 is 2.19 bits per heavy atom. The Morgan fingerprint density at radius 1 is 1.44 bits per heavy atom. The Bertz CT molecular complexity index is 927. The van der Waals surface area contributed by atoms with Crippen molar-refractivity contribution in [3.05, 3.63) is 58.0 Å². The number of nitrogens with one attached hydrogen (secondary N) is 2. The van der Waals surface area contributed by atoms with E-state index in [2.05, 4.69) is 16.8 Å². The van der Waals surface area contributed by atoms with Crippen LogP contribution in [0.5, 0.6) is 11.5 Å². The number of carbonyl (C=O) groups is 1. The molecule has 4 N–H and O–H groups in total. The number of phenolic OH excluding ortho intramolecular Hbond substituents is 1. The summed E-state index contributed by atoms with van der Waals surface area (Å²) in [7, 11) is 1.40. The number of aromatic hydroxyl groups is 1. The summed E-state index contributed by atoms with van der Waals surface area (Å²) in [6, 6.07) is 4.56. The summed E-state index contributed by atoms with van der Waals surface area (Å²) >= 11 is 0. The van der Waals surface area contributed by atoms with Gasteiger partial charge in [0.05, 0.1) is 18.6 Å². The van der Waals surface area contributed by atoms with Gasteiger partial charge in [-0.05, 0) is 24.6 Å². The number of H-pyrrole nitrogens is 2. The molecule has 0 saturated carbocycles. The number of ether oxygens (including phenoxy) is 2. The van der Waals surface area contributed by atoms with E-state index in [4.69, 9.17) is 9.47 Å². The molecule has 1 aliphatic carbocycles. The summed E-state index contributed by atoms with van der Waals surface area (Å²) in [5.74, 6) is -2.33. The molecule has 1 aliphatic rings. The van der Waals surface area contributed by atoms with E-state index >= 15 is 0 Å². The lowest BCUT2D eigenvalue weighted by Crippen LogP contribution is -2.50. The van der Waals surface area contributed by atoms with E-state index in [-0.39, 0.29) is 30.1 Å². The van der Waals surface area contributed by atoms with Gasteiger partial charge in [-0.15, -0.1) is 0 Å². The molecule has 1 heterocycles. The Morgan fingerprint density at radius 3 is 2.85 bits per heavy atom. The SMILES string of the molecule is C=CCOC(=O)[C@@H]1[C@H](c2ccc(O)c(OC)c2)c2c([nH][nH]c2=O)C[C@@]1(C)O. The van der Waals surface area contributed by atoms with E-state index in [1.54, 1.807) is 12.1 Å². The minimum atomic E-state index is -1.47. The van der Waals surface area contributed by atoms with Gasteiger partial charge in [-0.3, -0.25) is 14.7 Å². The van der Waals surface area contributed by atoms with Crippen molar-refractivity contribution in [1.29, 1.82) is 0 Å². The first-order valence-electron chi connectivity index (χ1n) is 8.46. The fourth-order valence-corrected chi connectivity index (χ4v) is 3.73. The summed E-state index contributed by atoms with van der Waals surface area (Å²) in [5.41, 5.74) is -0.424. The van der Waals surface area contributed by atoms with Gasteiger partial charge >= 0.3 is 5.97 Å². The molecule has 0 unspecified atom stereocenters. The molecule has 0 aliphatic heterocycles. The summed E-state index contributed by atoms with van der Waals surface area (Å²) in [6.07, 6.45) is 1.52. The van der Waals surface area contributed by atoms with Crippen molar-refractivity contribution in [2.45, 2.75) is 24.9 Å². The number of fused-ring (bicyclic) bond motifs is 1. The number of aromatic amines is 2. The first-order valence-corrected chi connectivity index (χ1v) is 8.46. The lowest BCUT2D eigenvalue weighted by Gasteiger charge is -2.40. The van der Waals surface area contributed by atoms with E-state index in [1.165, 1.54) is 26.2 Å². The third kappa shape index (κ3) is 3.23. The van der Waals surface area contributed by atoms with Gasteiger partial charge in [0, 0.05) is 23.6 Å². The third-order valence-corrected chi connectivity index (χ3v) is 4.91. The minimum absolute atomic E-state index is 0.00656. The molecule has 144 valence electrons. The maximum atomic E-state index is 12.8. The summed E-state index contributed by atoms with van der Waals surface area (Å²) in [4.78, 5) is 25.2. The lowest BCUT2D eigenvalue weighted by atomic mass is 9.66. The minimum Gasteiger partial charge on any atom is -0.504 e. The normalized spacial score (nSPS) is 24.1. The molecular formula is C19H22N2O6. The van der Waals surface area contributed by atoms with Crippen LogP contribution in [0.2, 0.25) is 0 Å². The number of carbonyl (C=O) groups excluding carboxylic acids is 1. The molecule has 0 bridgehead atoms. The van der Waals surface area contributed by atoms with Gasteiger partial charge < -0.3 is 24.8 Å². The van der Waals surface area contributed by atoms with Crippen molar-refractivity contribution in [2.24, 2.45) is 5.92 Å². The molecule has 3 atom stereocenters. The Labute approximate surface area is 155 Å². The molecule has 8 heteroatoms. The first kappa shape index (κ1) is 18.8. The monoisotopic (exact) mass is 374 g/mol. The molecule has 27 heavy (non-hydrogen) atoms. The van der Waals surface area contributed by atoms with Crippen molar-refractivity contribution in [2.75, 3.05) is 13.7 Å². The van der Waals surface area contributed by atoms with Gasteiger partial charge in [-0.1, -0.05) is 18.7 Å². The maximum Gasteiger partial charge on any atom is 0.313 e. The largest absolute Gasteiger partial charge is 0.504 e. The van der Waals surface area contributed by atoms with E-state index < -0.39 is 23.4 Å². The van der Waals surface area contributed by atoms with Crippen LogP contribution in [0.3, 0.4) is 0 Å². The van der Waals surface area contributed by atoms with Crippen LogP contribution in [-0.4, -0.2) is 45.7 Å². The van der Waals surface area contributed by atoms with Crippen molar-refractivity contribution in [1.82, 2.24) is 10.2 Å². The van der Waals surface area contributed by atoms with Gasteiger partial charge in [-0.2, -0.15) is 0 Å². The Balaban J connectivity index is 2.20. The van der Waals surface area contributed by atoms with Crippen molar-refractivity contribution in [3.8, 4) is 11.5 Å². The molecule has 0 fully saturated rings. The topological polar surface area (TPSA) is 125 Å². The van der Waals surface area contributed by atoms with Crippen LogP contribution in [0.4, 0.5) is 0 Å². The standard InChI is InChI=1S/C19H22N2O6/c1-4-7-27-18(24)16-14(10-5-6-12(22)13(8-10)26-3)15-11(9-19(16,2)25)20-21-17(15)23/h4-6,8,14,16,22,25H,1,7,9H2,2-3H3,(H2,20,21,23)/t14-,16+,19-/m1/s1. The average molecular weight is 374 g/mol. The number of benzene rings is 1. The van der Waals surface area contributed by atoms with Crippen molar-refractivity contribution < 1.29 is 24.5 Å². The van der Waals surface area contributed by atoms with Crippen LogP contribution in [0.15, 0.2) is 35.6 Å². The van der Waals surface area contributed by atoms with Gasteiger partial charge in [0.1, 0.15) is 6.61 Å². The highest BCUT2D eigenvalue weighted by molar-refractivity contribution is 5.77. The molecule has 3 rings (SSSR count). The molecule has 1 aromatic carbocycles. The number of phenols is 1. The average Bonchev–Trinajstić information content (AvgIpc) is 2.98.